The number of aromatic nitrogens is 2. The second kappa shape index (κ2) is 5.45. The molecule has 4 heteroatoms. The van der Waals surface area contributed by atoms with E-state index in [1.54, 1.807) is 0 Å². The first-order chi connectivity index (χ1) is 7.79. The Morgan fingerprint density at radius 1 is 1.31 bits per heavy atom. The molecule has 1 aromatic carbocycles. The van der Waals surface area contributed by atoms with E-state index in [0.717, 1.165) is 18.9 Å². The summed E-state index contributed by atoms with van der Waals surface area (Å²) < 4.78 is 3.43. The average Bonchev–Trinajstić information content (AvgIpc) is 2.70. The van der Waals surface area contributed by atoms with E-state index in [9.17, 15) is 0 Å². The zero-order chi connectivity index (χ0) is 11.4. The Bertz CT molecular complexity index is 448. The highest BCUT2D eigenvalue weighted by Crippen LogP contribution is 2.09. The molecule has 84 valence electrons. The first-order valence-electron chi connectivity index (χ1n) is 5.18. The Morgan fingerprint density at radius 3 is 2.75 bits per heavy atom. The molecule has 1 N–H and O–H groups in total. The second-order valence-electron chi connectivity index (χ2n) is 3.63. The number of nitrogens with one attached hydrogen (secondary N) is 1. The summed E-state index contributed by atoms with van der Waals surface area (Å²) >= 11 is 2.32. The van der Waals surface area contributed by atoms with Gasteiger partial charge in [0, 0.05) is 22.5 Å². The van der Waals surface area contributed by atoms with E-state index >= 15 is 0 Å². The van der Waals surface area contributed by atoms with Crippen LogP contribution in [0.5, 0.6) is 0 Å². The molecular weight excluding hydrogens is 313 g/mol. The summed E-state index contributed by atoms with van der Waals surface area (Å²) in [6.07, 6.45) is 3.87. The Hall–Kier alpha value is -0.880. The monoisotopic (exact) mass is 327 g/mol. The van der Waals surface area contributed by atoms with E-state index in [1.807, 2.05) is 19.4 Å². The van der Waals surface area contributed by atoms with Crippen molar-refractivity contribution in [2.24, 2.45) is 0 Å². The third-order valence-electron chi connectivity index (χ3n) is 2.40. The van der Waals surface area contributed by atoms with Crippen molar-refractivity contribution in [3.05, 3.63) is 51.6 Å². The van der Waals surface area contributed by atoms with Gasteiger partial charge in [-0.05, 0) is 47.3 Å². The maximum atomic E-state index is 4.32. The normalized spacial score (nSPS) is 10.6. The fourth-order valence-electron chi connectivity index (χ4n) is 1.60. The highest BCUT2D eigenvalue weighted by Gasteiger charge is 2.01. The number of benzene rings is 1. The molecule has 0 atom stereocenters. The summed E-state index contributed by atoms with van der Waals surface area (Å²) in [7, 11) is 1.93. The fourth-order valence-corrected chi connectivity index (χ4v) is 1.96. The van der Waals surface area contributed by atoms with Gasteiger partial charge in [-0.2, -0.15) is 0 Å². The lowest BCUT2D eigenvalue weighted by Gasteiger charge is -2.07. The molecule has 1 aromatic heterocycles. The van der Waals surface area contributed by atoms with Crippen LogP contribution < -0.4 is 5.32 Å². The van der Waals surface area contributed by atoms with Gasteiger partial charge in [-0.1, -0.05) is 12.1 Å². The maximum Gasteiger partial charge on any atom is 0.122 e. The summed E-state index contributed by atoms with van der Waals surface area (Å²) in [5.41, 5.74) is 1.30. The Balaban J connectivity index is 2.13. The van der Waals surface area contributed by atoms with Gasteiger partial charge in [0.15, 0.2) is 0 Å². The van der Waals surface area contributed by atoms with Crippen LogP contribution in [0.3, 0.4) is 0 Å². The van der Waals surface area contributed by atoms with E-state index in [2.05, 4.69) is 61.7 Å². The minimum absolute atomic E-state index is 0.803. The standard InChI is InChI=1S/C12H14IN3/c1-14-8-12-15-6-7-16(12)9-10-2-4-11(13)5-3-10/h2-7,14H,8-9H2,1H3. The lowest BCUT2D eigenvalue weighted by molar-refractivity contribution is 0.673. The van der Waals surface area contributed by atoms with Crippen molar-refractivity contribution >= 4 is 22.6 Å². The van der Waals surface area contributed by atoms with E-state index < -0.39 is 0 Å². The summed E-state index contributed by atoms with van der Waals surface area (Å²) in [6.45, 7) is 1.69. The zero-order valence-corrected chi connectivity index (χ0v) is 11.3. The number of nitrogens with zero attached hydrogens (tertiary/aromatic N) is 2. The zero-order valence-electron chi connectivity index (χ0n) is 9.15. The molecule has 16 heavy (non-hydrogen) atoms. The fraction of sp³-hybridized carbons (Fsp3) is 0.250. The molecule has 0 radical (unpaired) electrons. The second-order valence-corrected chi connectivity index (χ2v) is 4.87. The van der Waals surface area contributed by atoms with Gasteiger partial charge in [-0.25, -0.2) is 4.98 Å². The number of halogens is 1. The molecule has 0 fully saturated rings. The molecule has 0 aliphatic carbocycles. The molecular formula is C12H14IN3. The summed E-state index contributed by atoms with van der Waals surface area (Å²) in [5, 5.41) is 3.12. The molecule has 2 aromatic rings. The first-order valence-corrected chi connectivity index (χ1v) is 6.26. The van der Waals surface area contributed by atoms with Crippen molar-refractivity contribution < 1.29 is 0 Å². The van der Waals surface area contributed by atoms with E-state index in [1.165, 1.54) is 9.13 Å². The third-order valence-corrected chi connectivity index (χ3v) is 3.12. The third kappa shape index (κ3) is 2.82. The van der Waals surface area contributed by atoms with Gasteiger partial charge in [-0.15, -0.1) is 0 Å². The van der Waals surface area contributed by atoms with Crippen LogP contribution >= 0.6 is 22.6 Å². The maximum absolute atomic E-state index is 4.32. The van der Waals surface area contributed by atoms with Crippen LogP contribution in [0.1, 0.15) is 11.4 Å². The Labute approximate surface area is 109 Å². The molecule has 0 amide bonds. The predicted octanol–water partition coefficient (Wildman–Crippen LogP) is 2.26. The molecule has 3 nitrogen and oxygen atoms in total. The SMILES string of the molecule is CNCc1nccn1Cc1ccc(I)cc1. The lowest BCUT2D eigenvalue weighted by Crippen LogP contribution is -2.12. The minimum atomic E-state index is 0.803. The van der Waals surface area contributed by atoms with Gasteiger partial charge in [0.2, 0.25) is 0 Å². The largest absolute Gasteiger partial charge is 0.329 e. The molecule has 2 rings (SSSR count). The smallest absolute Gasteiger partial charge is 0.122 e. The van der Waals surface area contributed by atoms with Crippen LogP contribution in [-0.4, -0.2) is 16.6 Å². The molecule has 0 spiro atoms. The summed E-state index contributed by atoms with van der Waals surface area (Å²) in [6, 6.07) is 8.57. The summed E-state index contributed by atoms with van der Waals surface area (Å²) in [5.74, 6) is 1.07. The Morgan fingerprint density at radius 2 is 2.06 bits per heavy atom. The number of imidazole rings is 1. The first kappa shape index (κ1) is 11.6. The van der Waals surface area contributed by atoms with Crippen LogP contribution in [0.4, 0.5) is 0 Å². The molecule has 0 saturated carbocycles. The van der Waals surface area contributed by atoms with Crippen molar-refractivity contribution in [3.63, 3.8) is 0 Å². The van der Waals surface area contributed by atoms with Crippen LogP contribution in [0, 0.1) is 3.57 Å². The van der Waals surface area contributed by atoms with Gasteiger partial charge in [0.1, 0.15) is 5.82 Å². The number of hydrogen-bond acceptors (Lipinski definition) is 2. The van der Waals surface area contributed by atoms with Gasteiger partial charge in [0.25, 0.3) is 0 Å². The molecule has 0 bridgehead atoms. The van der Waals surface area contributed by atoms with Gasteiger partial charge in [0.05, 0.1) is 6.54 Å². The van der Waals surface area contributed by atoms with Crippen molar-refractivity contribution in [2.45, 2.75) is 13.1 Å². The van der Waals surface area contributed by atoms with Crippen molar-refractivity contribution in [3.8, 4) is 0 Å². The van der Waals surface area contributed by atoms with Crippen molar-refractivity contribution in [1.82, 2.24) is 14.9 Å². The molecule has 0 aliphatic heterocycles. The van der Waals surface area contributed by atoms with Crippen LogP contribution in [0.15, 0.2) is 36.7 Å². The highest BCUT2D eigenvalue weighted by molar-refractivity contribution is 14.1. The van der Waals surface area contributed by atoms with E-state index in [-0.39, 0.29) is 0 Å². The summed E-state index contributed by atoms with van der Waals surface area (Å²) in [4.78, 5) is 4.32. The van der Waals surface area contributed by atoms with Gasteiger partial charge >= 0.3 is 0 Å². The van der Waals surface area contributed by atoms with Crippen LogP contribution in [0.25, 0.3) is 0 Å². The average molecular weight is 327 g/mol. The topological polar surface area (TPSA) is 29.9 Å². The number of rotatable bonds is 4. The quantitative estimate of drug-likeness (QED) is 0.873. The van der Waals surface area contributed by atoms with Crippen molar-refractivity contribution in [2.75, 3.05) is 7.05 Å². The van der Waals surface area contributed by atoms with Gasteiger partial charge < -0.3 is 9.88 Å². The van der Waals surface area contributed by atoms with Crippen LogP contribution in [-0.2, 0) is 13.1 Å². The van der Waals surface area contributed by atoms with Gasteiger partial charge in [-0.3, -0.25) is 0 Å². The minimum Gasteiger partial charge on any atom is -0.329 e. The van der Waals surface area contributed by atoms with Crippen molar-refractivity contribution in [1.29, 1.82) is 0 Å². The molecule has 1 heterocycles. The molecule has 0 unspecified atom stereocenters. The lowest BCUT2D eigenvalue weighted by atomic mass is 10.2. The number of hydrogen-bond donors (Lipinski definition) is 1. The van der Waals surface area contributed by atoms with Crippen LogP contribution in [0.2, 0.25) is 0 Å². The van der Waals surface area contributed by atoms with E-state index in [0.29, 0.717) is 0 Å². The Kier molecular flexibility index (Phi) is 3.95. The van der Waals surface area contributed by atoms with E-state index in [4.69, 9.17) is 0 Å². The molecule has 0 saturated heterocycles. The highest BCUT2D eigenvalue weighted by atomic mass is 127. The predicted molar refractivity (Wildman–Crippen MR) is 73.3 cm³/mol. The molecule has 0 aliphatic rings.